The third kappa shape index (κ3) is 20.0. The van der Waals surface area contributed by atoms with E-state index in [2.05, 4.69) is 31.5 Å². The largest absolute Gasteiger partial charge is 0.453 e. The maximum Gasteiger partial charge on any atom is 0.407 e. The summed E-state index contributed by atoms with van der Waals surface area (Å²) in [5.74, 6) is -1.12. The molecule has 0 spiro atoms. The van der Waals surface area contributed by atoms with Gasteiger partial charge in [-0.3, -0.25) is 35.2 Å². The van der Waals surface area contributed by atoms with E-state index in [0.717, 1.165) is 44.8 Å². The van der Waals surface area contributed by atoms with Gasteiger partial charge in [0.25, 0.3) is 11.8 Å². The fraction of sp³-hybridized carbons (Fsp3) is 0.371. The molecule has 6 aromatic rings. The number of amides is 4. The summed E-state index contributed by atoms with van der Waals surface area (Å²) in [5, 5.41) is 19.7. The lowest BCUT2D eigenvalue weighted by molar-refractivity contribution is -0.133. The summed E-state index contributed by atoms with van der Waals surface area (Å²) in [4.78, 5) is 72.8. The van der Waals surface area contributed by atoms with Gasteiger partial charge in [0.2, 0.25) is 0 Å². The van der Waals surface area contributed by atoms with Crippen molar-refractivity contribution in [3.8, 4) is 22.5 Å². The summed E-state index contributed by atoms with van der Waals surface area (Å²) in [6, 6.07) is 45.4. The number of hydrogen-bond acceptors (Lipinski definition) is 12. The lowest BCUT2D eigenvalue weighted by Gasteiger charge is -2.34. The molecule has 0 aliphatic carbocycles. The number of pyridine rings is 2. The van der Waals surface area contributed by atoms with Crippen molar-refractivity contribution in [1.29, 1.82) is 0 Å². The van der Waals surface area contributed by atoms with Gasteiger partial charge in [-0.15, -0.1) is 0 Å². The monoisotopic (exact) mass is 1060 g/mol. The number of rotatable bonds is 22. The maximum atomic E-state index is 13.4. The number of hydrogen-bond donors (Lipinski definition) is 5. The quantitative estimate of drug-likeness (QED) is 0.0404. The van der Waals surface area contributed by atoms with Crippen LogP contribution in [0.3, 0.4) is 0 Å². The van der Waals surface area contributed by atoms with E-state index in [-0.39, 0.29) is 36.6 Å². The molecule has 0 unspecified atom stereocenters. The fourth-order valence-corrected chi connectivity index (χ4v) is 8.45. The number of carbonyl (C=O) groups is 5. The zero-order chi connectivity index (χ0) is 56.8. The maximum absolute atomic E-state index is 13.4. The average molecular weight is 1060 g/mol. The first-order chi connectivity index (χ1) is 37.1. The zero-order valence-electron chi connectivity index (χ0n) is 46.7. The van der Waals surface area contributed by atoms with Crippen LogP contribution in [-0.2, 0) is 49.8 Å². The molecule has 78 heavy (non-hydrogen) atoms. The highest BCUT2D eigenvalue weighted by Gasteiger charge is 2.36. The predicted octanol–water partition coefficient (Wildman–Crippen LogP) is 9.39. The summed E-state index contributed by atoms with van der Waals surface area (Å²) in [7, 11) is 2.51. The minimum Gasteiger partial charge on any atom is -0.453 e. The molecule has 16 heteroatoms. The first-order valence-electron chi connectivity index (χ1n) is 26.2. The van der Waals surface area contributed by atoms with Gasteiger partial charge in [-0.2, -0.15) is 0 Å². The third-order valence-corrected chi connectivity index (χ3v) is 13.0. The molecule has 0 bridgehead atoms. The highest BCUT2D eigenvalue weighted by Crippen LogP contribution is 2.24. The van der Waals surface area contributed by atoms with Crippen LogP contribution in [0.1, 0.15) is 77.6 Å². The smallest absolute Gasteiger partial charge is 0.407 e. The first kappa shape index (κ1) is 61.1. The van der Waals surface area contributed by atoms with Gasteiger partial charge in [0.05, 0.1) is 38.3 Å². The molecule has 2 heterocycles. The normalized spacial score (nSPS) is 13.3. The summed E-state index contributed by atoms with van der Waals surface area (Å²) in [6.07, 6.45) is 2.72. The number of aliphatic hydroxyl groups is 1. The van der Waals surface area contributed by atoms with E-state index in [0.29, 0.717) is 25.9 Å². The number of ether oxygens (including phenoxy) is 2. The molecule has 0 saturated carbocycles. The van der Waals surface area contributed by atoms with Crippen LogP contribution in [0, 0.1) is 22.7 Å². The van der Waals surface area contributed by atoms with Crippen LogP contribution in [-0.4, -0.2) is 100 Å². The molecule has 5 N–H and O–H groups in total. The van der Waals surface area contributed by atoms with Crippen molar-refractivity contribution in [2.45, 2.75) is 99.5 Å². The SMILES string of the molecule is COC(=O)N[C@@H](C(=O)NN(CC(=O)[C@@H](C)Cc1ccccc1)Cc1ccc(-c2ccccn2)cc1)C(C)(C)C.COC(=O)N[C@@H](C(=O)NN(Cc1ccc(-c2ccccn2)cc1)C[C@H](O)[C@@H](C)Cc1ccccc1)C(C)(C)C. The van der Waals surface area contributed by atoms with Crippen molar-refractivity contribution >= 4 is 29.8 Å². The van der Waals surface area contributed by atoms with E-state index >= 15 is 0 Å². The number of benzene rings is 4. The molecule has 414 valence electrons. The van der Waals surface area contributed by atoms with E-state index in [4.69, 9.17) is 9.47 Å². The Balaban J connectivity index is 0.000000287. The van der Waals surface area contributed by atoms with Crippen LogP contribution >= 0.6 is 0 Å². The van der Waals surface area contributed by atoms with Crippen molar-refractivity contribution in [2.75, 3.05) is 27.3 Å². The lowest BCUT2D eigenvalue weighted by Crippen LogP contribution is -2.58. The summed E-state index contributed by atoms with van der Waals surface area (Å²) < 4.78 is 9.46. The van der Waals surface area contributed by atoms with E-state index in [1.807, 2.05) is 201 Å². The van der Waals surface area contributed by atoms with Crippen molar-refractivity contribution < 1.29 is 38.6 Å². The molecular weight excluding hydrogens is 985 g/mol. The Morgan fingerprint density at radius 1 is 0.526 bits per heavy atom. The predicted molar refractivity (Wildman–Crippen MR) is 304 cm³/mol. The summed E-state index contributed by atoms with van der Waals surface area (Å²) in [6.45, 7) is 15.9. The number of aromatic nitrogens is 2. The topological polar surface area (TPSA) is 204 Å². The van der Waals surface area contributed by atoms with Gasteiger partial charge in [0.1, 0.15) is 12.1 Å². The molecule has 4 aromatic carbocycles. The number of alkyl carbamates (subject to hydrolysis) is 2. The van der Waals surface area contributed by atoms with Gasteiger partial charge < -0.3 is 25.2 Å². The van der Waals surface area contributed by atoms with Crippen LogP contribution in [0.15, 0.2) is 158 Å². The molecule has 0 aliphatic heterocycles. The highest BCUT2D eigenvalue weighted by atomic mass is 16.5. The van der Waals surface area contributed by atoms with Crippen LogP contribution in [0.4, 0.5) is 9.59 Å². The van der Waals surface area contributed by atoms with Crippen molar-refractivity contribution in [3.63, 3.8) is 0 Å². The molecule has 4 amide bonds. The van der Waals surface area contributed by atoms with Gasteiger partial charge in [0.15, 0.2) is 5.78 Å². The second kappa shape index (κ2) is 29.7. The Kier molecular flexibility index (Phi) is 23.2. The first-order valence-corrected chi connectivity index (χ1v) is 26.2. The van der Waals surface area contributed by atoms with E-state index in [1.54, 1.807) is 22.4 Å². The molecule has 0 radical (unpaired) electrons. The van der Waals surface area contributed by atoms with Gasteiger partial charge in [-0.1, -0.05) is 177 Å². The van der Waals surface area contributed by atoms with Crippen LogP contribution in [0.5, 0.6) is 0 Å². The zero-order valence-corrected chi connectivity index (χ0v) is 46.7. The number of hydrazine groups is 2. The molecule has 5 atom stereocenters. The second-order valence-corrected chi connectivity index (χ2v) is 21.7. The Hall–Kier alpha value is -7.79. The number of nitrogens with zero attached hydrogens (tertiary/aromatic N) is 4. The van der Waals surface area contributed by atoms with Crippen molar-refractivity contribution in [3.05, 3.63) is 180 Å². The van der Waals surface area contributed by atoms with Gasteiger partial charge >= 0.3 is 12.2 Å². The van der Waals surface area contributed by atoms with Gasteiger partial charge in [-0.05, 0) is 76.1 Å². The standard InChI is InChI=1S/C31H40N4O4.C31H38N4O4/c2*1-22(19-23-11-7-6-8-12-23)27(36)21-35(34-29(37)28(31(2,3)4)33-30(38)39-5)20-24-14-16-25(17-15-24)26-13-9-10-18-32-26/h6-18,22,27-28,36H,19-21H2,1-5H3,(H,33,38)(H,34,37);6-18,22,28H,19-21H2,1-5H3,(H,33,38)(H,34,37)/t22-,27-,28-;22-,28-/m00/s1. The van der Waals surface area contributed by atoms with Crippen LogP contribution in [0.25, 0.3) is 22.5 Å². The minimum atomic E-state index is -0.879. The van der Waals surface area contributed by atoms with Gasteiger partial charge in [0, 0.05) is 49.1 Å². The molecule has 0 aliphatic rings. The highest BCUT2D eigenvalue weighted by molar-refractivity contribution is 5.87. The fourth-order valence-electron chi connectivity index (χ4n) is 8.45. The minimum absolute atomic E-state index is 0.00232. The number of carbonyl (C=O) groups excluding carboxylic acids is 5. The number of aliphatic hydroxyl groups excluding tert-OH is 1. The van der Waals surface area contributed by atoms with Crippen LogP contribution < -0.4 is 21.5 Å². The van der Waals surface area contributed by atoms with E-state index in [1.165, 1.54) is 14.2 Å². The Morgan fingerprint density at radius 2 is 0.923 bits per heavy atom. The number of methoxy groups -OCH3 is 2. The summed E-state index contributed by atoms with van der Waals surface area (Å²) >= 11 is 0. The second-order valence-electron chi connectivity index (χ2n) is 21.7. The third-order valence-electron chi connectivity index (χ3n) is 13.0. The molecule has 0 saturated heterocycles. The molecule has 6 rings (SSSR count). The summed E-state index contributed by atoms with van der Waals surface area (Å²) in [5.41, 5.74) is 12.4. The molecule has 16 nitrogen and oxygen atoms in total. The van der Waals surface area contributed by atoms with Crippen molar-refractivity contribution in [1.82, 2.24) is 41.5 Å². The lowest BCUT2D eigenvalue weighted by atomic mass is 9.86. The number of Topliss-reactive ketones (excluding diaryl/α,β-unsaturated/α-hetero) is 1. The molecular formula is C62H78N8O8. The van der Waals surface area contributed by atoms with E-state index < -0.39 is 47.1 Å². The average Bonchev–Trinajstić information content (AvgIpc) is 3.45. The molecule has 2 aromatic heterocycles. The van der Waals surface area contributed by atoms with Crippen molar-refractivity contribution in [2.24, 2.45) is 22.7 Å². The van der Waals surface area contributed by atoms with Gasteiger partial charge in [-0.25, -0.2) is 19.6 Å². The van der Waals surface area contributed by atoms with E-state index in [9.17, 15) is 29.1 Å². The Bertz CT molecular complexity index is 2790. The van der Waals surface area contributed by atoms with Crippen LogP contribution in [0.2, 0.25) is 0 Å². The number of nitrogens with one attached hydrogen (secondary N) is 4. The Morgan fingerprint density at radius 3 is 1.32 bits per heavy atom. The number of ketones is 1. The Labute approximate surface area is 460 Å². The molecule has 0 fully saturated rings.